The van der Waals surface area contributed by atoms with Gasteiger partial charge in [0.2, 0.25) is 0 Å². The van der Waals surface area contributed by atoms with Crippen molar-refractivity contribution in [1.82, 2.24) is 10.5 Å². The molecule has 1 aromatic carbocycles. The van der Waals surface area contributed by atoms with Gasteiger partial charge >= 0.3 is 0 Å². The highest BCUT2D eigenvalue weighted by molar-refractivity contribution is 5.22. The van der Waals surface area contributed by atoms with Gasteiger partial charge in [0, 0.05) is 19.2 Å². The Morgan fingerprint density at radius 3 is 2.58 bits per heavy atom. The van der Waals surface area contributed by atoms with Crippen molar-refractivity contribution in [2.75, 3.05) is 13.7 Å². The first-order valence-electron chi connectivity index (χ1n) is 6.41. The van der Waals surface area contributed by atoms with Crippen molar-refractivity contribution < 1.29 is 9.26 Å². The van der Waals surface area contributed by atoms with E-state index in [1.54, 1.807) is 7.11 Å². The lowest BCUT2D eigenvalue weighted by Crippen LogP contribution is -2.25. The van der Waals surface area contributed by atoms with E-state index in [1.165, 1.54) is 5.56 Å². The van der Waals surface area contributed by atoms with Gasteiger partial charge in [-0.25, -0.2) is 0 Å². The lowest BCUT2D eigenvalue weighted by Gasteiger charge is -2.18. The molecule has 4 nitrogen and oxygen atoms in total. The molecular formula is C15H20N2O2. The Balaban J connectivity index is 2.06. The standard InChI is InChI=1S/C15H20N2O2/c1-11-14(12(2)19-17-11)9-16-15(10-18-3)13-7-5-4-6-8-13/h4-8,15-16H,9-10H2,1-3H3. The van der Waals surface area contributed by atoms with Gasteiger partial charge < -0.3 is 14.6 Å². The summed E-state index contributed by atoms with van der Waals surface area (Å²) in [7, 11) is 1.72. The quantitative estimate of drug-likeness (QED) is 0.867. The van der Waals surface area contributed by atoms with E-state index >= 15 is 0 Å². The highest BCUT2D eigenvalue weighted by atomic mass is 16.5. The van der Waals surface area contributed by atoms with Crippen LogP contribution in [0, 0.1) is 13.8 Å². The minimum atomic E-state index is 0.167. The predicted octanol–water partition coefficient (Wildman–Crippen LogP) is 2.77. The van der Waals surface area contributed by atoms with E-state index in [2.05, 4.69) is 22.6 Å². The van der Waals surface area contributed by atoms with Gasteiger partial charge in [-0.15, -0.1) is 0 Å². The highest BCUT2D eigenvalue weighted by Crippen LogP contribution is 2.16. The zero-order chi connectivity index (χ0) is 13.7. The van der Waals surface area contributed by atoms with Crippen molar-refractivity contribution in [3.63, 3.8) is 0 Å². The van der Waals surface area contributed by atoms with E-state index in [9.17, 15) is 0 Å². The molecule has 0 radical (unpaired) electrons. The summed E-state index contributed by atoms with van der Waals surface area (Å²) >= 11 is 0. The van der Waals surface area contributed by atoms with Gasteiger partial charge in [0.15, 0.2) is 0 Å². The number of hydrogen-bond donors (Lipinski definition) is 1. The van der Waals surface area contributed by atoms with Gasteiger partial charge in [0.25, 0.3) is 0 Å². The van der Waals surface area contributed by atoms with Gasteiger partial charge in [-0.1, -0.05) is 35.5 Å². The van der Waals surface area contributed by atoms with Crippen LogP contribution in [0.4, 0.5) is 0 Å². The van der Waals surface area contributed by atoms with Gasteiger partial charge in [0.05, 0.1) is 18.3 Å². The van der Waals surface area contributed by atoms with Gasteiger partial charge in [-0.05, 0) is 19.4 Å². The lowest BCUT2D eigenvalue weighted by atomic mass is 10.1. The highest BCUT2D eigenvalue weighted by Gasteiger charge is 2.14. The molecule has 102 valence electrons. The van der Waals surface area contributed by atoms with Crippen molar-refractivity contribution in [2.45, 2.75) is 26.4 Å². The van der Waals surface area contributed by atoms with Crippen LogP contribution in [0.2, 0.25) is 0 Å². The molecule has 0 spiro atoms. The summed E-state index contributed by atoms with van der Waals surface area (Å²) < 4.78 is 10.5. The largest absolute Gasteiger partial charge is 0.383 e. The number of benzene rings is 1. The third kappa shape index (κ3) is 3.43. The number of hydrogen-bond acceptors (Lipinski definition) is 4. The molecule has 0 saturated carbocycles. The molecule has 0 bridgehead atoms. The molecular weight excluding hydrogens is 240 g/mol. The van der Waals surface area contributed by atoms with E-state index in [0.29, 0.717) is 6.61 Å². The number of ether oxygens (including phenoxy) is 1. The molecule has 4 heteroatoms. The van der Waals surface area contributed by atoms with Crippen LogP contribution in [0.15, 0.2) is 34.9 Å². The van der Waals surface area contributed by atoms with Crippen molar-refractivity contribution in [3.8, 4) is 0 Å². The molecule has 0 aliphatic heterocycles. The van der Waals surface area contributed by atoms with Crippen LogP contribution in [-0.4, -0.2) is 18.9 Å². The Kier molecular flexibility index (Phi) is 4.71. The van der Waals surface area contributed by atoms with E-state index < -0.39 is 0 Å². The maximum absolute atomic E-state index is 5.29. The van der Waals surface area contributed by atoms with Gasteiger partial charge in [0.1, 0.15) is 5.76 Å². The average molecular weight is 260 g/mol. The molecule has 2 rings (SSSR count). The van der Waals surface area contributed by atoms with Crippen LogP contribution in [0.3, 0.4) is 0 Å². The van der Waals surface area contributed by atoms with Crippen molar-refractivity contribution >= 4 is 0 Å². The first-order chi connectivity index (χ1) is 9.22. The molecule has 0 saturated heterocycles. The minimum Gasteiger partial charge on any atom is -0.383 e. The van der Waals surface area contributed by atoms with Crippen LogP contribution in [0.1, 0.15) is 28.6 Å². The summed E-state index contributed by atoms with van der Waals surface area (Å²) in [4.78, 5) is 0. The van der Waals surface area contributed by atoms with E-state index in [1.807, 2.05) is 32.0 Å². The molecule has 2 aromatic rings. The number of nitrogens with zero attached hydrogens (tertiary/aromatic N) is 1. The molecule has 1 atom stereocenters. The van der Waals surface area contributed by atoms with Gasteiger partial charge in [-0.3, -0.25) is 0 Å². The second kappa shape index (κ2) is 6.50. The Morgan fingerprint density at radius 2 is 2.00 bits per heavy atom. The molecule has 1 heterocycles. The number of aromatic nitrogens is 1. The Morgan fingerprint density at radius 1 is 1.26 bits per heavy atom. The molecule has 0 fully saturated rings. The first-order valence-corrected chi connectivity index (χ1v) is 6.41. The molecule has 19 heavy (non-hydrogen) atoms. The Hall–Kier alpha value is -1.65. The monoisotopic (exact) mass is 260 g/mol. The molecule has 1 aromatic heterocycles. The number of methoxy groups -OCH3 is 1. The minimum absolute atomic E-state index is 0.167. The zero-order valence-corrected chi connectivity index (χ0v) is 11.6. The topological polar surface area (TPSA) is 47.3 Å². The first kappa shape index (κ1) is 13.8. The third-order valence-electron chi connectivity index (χ3n) is 3.24. The smallest absolute Gasteiger partial charge is 0.138 e. The van der Waals surface area contributed by atoms with E-state index in [4.69, 9.17) is 9.26 Å². The molecule has 0 aliphatic rings. The van der Waals surface area contributed by atoms with Crippen LogP contribution in [0.25, 0.3) is 0 Å². The summed E-state index contributed by atoms with van der Waals surface area (Å²) in [5.41, 5.74) is 3.28. The predicted molar refractivity (Wildman–Crippen MR) is 73.9 cm³/mol. The second-order valence-electron chi connectivity index (χ2n) is 4.60. The Bertz CT molecular complexity index is 489. The molecule has 1 unspecified atom stereocenters. The van der Waals surface area contributed by atoms with Crippen molar-refractivity contribution in [1.29, 1.82) is 0 Å². The zero-order valence-electron chi connectivity index (χ0n) is 11.6. The average Bonchev–Trinajstić information content (AvgIpc) is 2.75. The van der Waals surface area contributed by atoms with Crippen molar-refractivity contribution in [3.05, 3.63) is 52.9 Å². The normalized spacial score (nSPS) is 12.6. The van der Waals surface area contributed by atoms with Gasteiger partial charge in [-0.2, -0.15) is 0 Å². The maximum Gasteiger partial charge on any atom is 0.138 e. The van der Waals surface area contributed by atoms with E-state index in [-0.39, 0.29) is 6.04 Å². The fourth-order valence-electron chi connectivity index (χ4n) is 2.10. The number of rotatable bonds is 6. The van der Waals surface area contributed by atoms with Crippen LogP contribution >= 0.6 is 0 Å². The summed E-state index contributed by atoms with van der Waals surface area (Å²) in [5.74, 6) is 0.870. The summed E-state index contributed by atoms with van der Waals surface area (Å²) in [6.07, 6.45) is 0. The summed E-state index contributed by atoms with van der Waals surface area (Å²) in [5, 5.41) is 7.46. The molecule has 0 aliphatic carbocycles. The SMILES string of the molecule is COCC(NCc1c(C)noc1C)c1ccccc1. The van der Waals surface area contributed by atoms with Crippen LogP contribution in [-0.2, 0) is 11.3 Å². The lowest BCUT2D eigenvalue weighted by molar-refractivity contribution is 0.166. The summed E-state index contributed by atoms with van der Waals surface area (Å²) in [6.45, 7) is 5.25. The van der Waals surface area contributed by atoms with Crippen LogP contribution in [0.5, 0.6) is 0 Å². The van der Waals surface area contributed by atoms with Crippen LogP contribution < -0.4 is 5.32 Å². The third-order valence-corrected chi connectivity index (χ3v) is 3.24. The van der Waals surface area contributed by atoms with E-state index in [0.717, 1.165) is 23.6 Å². The fourth-order valence-corrected chi connectivity index (χ4v) is 2.10. The van der Waals surface area contributed by atoms with Crippen molar-refractivity contribution in [2.24, 2.45) is 0 Å². The molecule has 1 N–H and O–H groups in total. The Labute approximate surface area is 113 Å². The maximum atomic E-state index is 5.29. The number of aryl methyl sites for hydroxylation is 2. The molecule has 0 amide bonds. The summed E-state index contributed by atoms with van der Waals surface area (Å²) in [6, 6.07) is 10.5. The second-order valence-corrected chi connectivity index (χ2v) is 4.60. The number of nitrogens with one attached hydrogen (secondary N) is 1. The fraction of sp³-hybridized carbons (Fsp3) is 0.400.